The number of rotatable bonds is 7. The van der Waals surface area contributed by atoms with Crippen LogP contribution < -0.4 is 5.32 Å². The number of likely N-dealkylation sites (N-methyl/N-ethyl adjacent to an activating group) is 1. The van der Waals surface area contributed by atoms with Crippen LogP contribution in [0.2, 0.25) is 0 Å². The van der Waals surface area contributed by atoms with Gasteiger partial charge in [0.05, 0.1) is 0 Å². The van der Waals surface area contributed by atoms with E-state index in [1.165, 1.54) is 50.5 Å². The van der Waals surface area contributed by atoms with Gasteiger partial charge in [-0.25, -0.2) is 0 Å². The van der Waals surface area contributed by atoms with Gasteiger partial charge in [0.2, 0.25) is 0 Å². The van der Waals surface area contributed by atoms with Crippen molar-refractivity contribution < 1.29 is 0 Å². The highest BCUT2D eigenvalue weighted by atomic mass is 15.1. The van der Waals surface area contributed by atoms with Gasteiger partial charge in [-0.3, -0.25) is 4.90 Å². The first-order chi connectivity index (χ1) is 8.24. The van der Waals surface area contributed by atoms with E-state index >= 15 is 0 Å². The Hall–Kier alpha value is -0.340. The summed E-state index contributed by atoms with van der Waals surface area (Å²) in [6.07, 6.45) is 9.65. The van der Waals surface area contributed by atoms with E-state index in [4.69, 9.17) is 0 Å². The van der Waals surface area contributed by atoms with E-state index in [2.05, 4.69) is 30.8 Å². The van der Waals surface area contributed by atoms with Crippen LogP contribution in [-0.4, -0.2) is 37.6 Å². The molecule has 1 fully saturated rings. The molecule has 0 atom stereocenters. The van der Waals surface area contributed by atoms with Crippen molar-refractivity contribution in [2.75, 3.05) is 26.7 Å². The molecule has 0 bridgehead atoms. The van der Waals surface area contributed by atoms with Crippen molar-refractivity contribution in [1.29, 1.82) is 0 Å². The average molecular weight is 238 g/mol. The van der Waals surface area contributed by atoms with E-state index in [1.54, 1.807) is 0 Å². The Morgan fingerprint density at radius 3 is 2.47 bits per heavy atom. The standard InChI is InChI=1S/C15H30N2/c1-4-11-16-12-14(2)13-17(3)15-9-7-5-6-8-10-15/h15-16H,2,4-13H2,1,3H3. The molecule has 0 heterocycles. The maximum atomic E-state index is 4.18. The maximum Gasteiger partial charge on any atom is 0.0202 e. The Balaban J connectivity index is 2.21. The normalized spacial score (nSPS) is 18.3. The van der Waals surface area contributed by atoms with Gasteiger partial charge in [0.25, 0.3) is 0 Å². The van der Waals surface area contributed by atoms with Crippen molar-refractivity contribution in [3.05, 3.63) is 12.2 Å². The summed E-state index contributed by atoms with van der Waals surface area (Å²) in [6.45, 7) is 9.52. The van der Waals surface area contributed by atoms with Gasteiger partial charge in [-0.05, 0) is 38.4 Å². The summed E-state index contributed by atoms with van der Waals surface area (Å²) in [4.78, 5) is 2.52. The Kier molecular flexibility index (Phi) is 7.54. The second-order valence-electron chi connectivity index (χ2n) is 5.49. The number of nitrogens with one attached hydrogen (secondary N) is 1. The predicted molar refractivity (Wildman–Crippen MR) is 76.4 cm³/mol. The van der Waals surface area contributed by atoms with Gasteiger partial charge < -0.3 is 5.32 Å². The molecule has 1 rings (SSSR count). The lowest BCUT2D eigenvalue weighted by Gasteiger charge is -2.27. The second kappa shape index (κ2) is 8.71. The zero-order valence-electron chi connectivity index (χ0n) is 11.8. The molecular weight excluding hydrogens is 208 g/mol. The number of nitrogens with zero attached hydrogens (tertiary/aromatic N) is 1. The van der Waals surface area contributed by atoms with E-state index in [0.717, 1.165) is 25.7 Å². The van der Waals surface area contributed by atoms with Gasteiger partial charge in [-0.15, -0.1) is 0 Å². The summed E-state index contributed by atoms with van der Waals surface area (Å²) in [5.41, 5.74) is 1.32. The zero-order valence-corrected chi connectivity index (χ0v) is 11.8. The molecule has 2 heteroatoms. The second-order valence-corrected chi connectivity index (χ2v) is 5.49. The molecule has 0 radical (unpaired) electrons. The minimum absolute atomic E-state index is 0.792. The van der Waals surface area contributed by atoms with Crippen molar-refractivity contribution in [3.8, 4) is 0 Å². The first-order valence-corrected chi connectivity index (χ1v) is 7.31. The summed E-state index contributed by atoms with van der Waals surface area (Å²) in [6, 6.07) is 0.792. The van der Waals surface area contributed by atoms with E-state index in [0.29, 0.717) is 0 Å². The Morgan fingerprint density at radius 2 is 1.88 bits per heavy atom. The molecule has 0 saturated heterocycles. The predicted octanol–water partition coefficient (Wildman–Crippen LogP) is 3.20. The highest BCUT2D eigenvalue weighted by molar-refractivity contribution is 5.00. The van der Waals surface area contributed by atoms with E-state index in [-0.39, 0.29) is 0 Å². The van der Waals surface area contributed by atoms with Gasteiger partial charge in [-0.1, -0.05) is 39.2 Å². The maximum absolute atomic E-state index is 4.18. The molecule has 0 amide bonds. The molecule has 17 heavy (non-hydrogen) atoms. The molecule has 0 aromatic carbocycles. The van der Waals surface area contributed by atoms with Crippen LogP contribution in [0.3, 0.4) is 0 Å². The van der Waals surface area contributed by atoms with E-state index < -0.39 is 0 Å². The number of hydrogen-bond donors (Lipinski definition) is 1. The third kappa shape index (κ3) is 6.23. The molecule has 100 valence electrons. The van der Waals surface area contributed by atoms with Crippen molar-refractivity contribution in [2.24, 2.45) is 0 Å². The third-order valence-corrected chi connectivity index (χ3v) is 3.72. The molecule has 0 aliphatic heterocycles. The minimum atomic E-state index is 0.792. The fourth-order valence-corrected chi connectivity index (χ4v) is 2.68. The first-order valence-electron chi connectivity index (χ1n) is 7.31. The van der Waals surface area contributed by atoms with Crippen molar-refractivity contribution >= 4 is 0 Å². The van der Waals surface area contributed by atoms with Gasteiger partial charge in [0.15, 0.2) is 0 Å². The van der Waals surface area contributed by atoms with Crippen LogP contribution >= 0.6 is 0 Å². The monoisotopic (exact) mass is 238 g/mol. The summed E-state index contributed by atoms with van der Waals surface area (Å²) < 4.78 is 0. The van der Waals surface area contributed by atoms with Crippen LogP contribution in [0.5, 0.6) is 0 Å². The lowest BCUT2D eigenvalue weighted by Crippen LogP contribution is -2.34. The van der Waals surface area contributed by atoms with E-state index in [1.807, 2.05) is 0 Å². The lowest BCUT2D eigenvalue weighted by molar-refractivity contribution is 0.237. The summed E-state index contributed by atoms with van der Waals surface area (Å²) in [5.74, 6) is 0. The largest absolute Gasteiger partial charge is 0.313 e. The molecule has 0 unspecified atom stereocenters. The molecule has 1 aliphatic carbocycles. The fourth-order valence-electron chi connectivity index (χ4n) is 2.68. The Morgan fingerprint density at radius 1 is 1.24 bits per heavy atom. The van der Waals surface area contributed by atoms with Crippen LogP contribution in [0.15, 0.2) is 12.2 Å². The van der Waals surface area contributed by atoms with Crippen LogP contribution in [0.1, 0.15) is 51.9 Å². The molecule has 2 nitrogen and oxygen atoms in total. The molecule has 0 spiro atoms. The van der Waals surface area contributed by atoms with E-state index in [9.17, 15) is 0 Å². The molecule has 1 N–H and O–H groups in total. The van der Waals surface area contributed by atoms with Gasteiger partial charge in [-0.2, -0.15) is 0 Å². The van der Waals surface area contributed by atoms with Crippen LogP contribution in [0, 0.1) is 0 Å². The smallest absolute Gasteiger partial charge is 0.0202 e. The Bertz CT molecular complexity index is 205. The van der Waals surface area contributed by atoms with Crippen molar-refractivity contribution in [3.63, 3.8) is 0 Å². The molecular formula is C15H30N2. The fraction of sp³-hybridized carbons (Fsp3) is 0.867. The van der Waals surface area contributed by atoms with Gasteiger partial charge in [0.1, 0.15) is 0 Å². The summed E-state index contributed by atoms with van der Waals surface area (Å²) >= 11 is 0. The molecule has 0 aromatic heterocycles. The third-order valence-electron chi connectivity index (χ3n) is 3.72. The van der Waals surface area contributed by atoms with Crippen molar-refractivity contribution in [2.45, 2.75) is 57.9 Å². The molecule has 1 saturated carbocycles. The summed E-state index contributed by atoms with van der Waals surface area (Å²) in [7, 11) is 2.26. The van der Waals surface area contributed by atoms with Crippen molar-refractivity contribution in [1.82, 2.24) is 10.2 Å². The highest BCUT2D eigenvalue weighted by Crippen LogP contribution is 2.21. The van der Waals surface area contributed by atoms with Crippen LogP contribution in [-0.2, 0) is 0 Å². The SMILES string of the molecule is C=C(CNCCC)CN(C)C1CCCCCC1. The van der Waals surface area contributed by atoms with Crippen LogP contribution in [0.4, 0.5) is 0 Å². The summed E-state index contributed by atoms with van der Waals surface area (Å²) in [5, 5.41) is 3.43. The highest BCUT2D eigenvalue weighted by Gasteiger charge is 2.16. The minimum Gasteiger partial charge on any atom is -0.313 e. The first kappa shape index (κ1) is 14.7. The molecule has 0 aromatic rings. The molecule has 1 aliphatic rings. The quantitative estimate of drug-likeness (QED) is 0.416. The topological polar surface area (TPSA) is 15.3 Å². The number of hydrogen-bond acceptors (Lipinski definition) is 2. The lowest BCUT2D eigenvalue weighted by atomic mass is 10.1. The zero-order chi connectivity index (χ0) is 12.5. The Labute approximate surface area is 107 Å². The van der Waals surface area contributed by atoms with Gasteiger partial charge in [0, 0.05) is 19.1 Å². The van der Waals surface area contributed by atoms with Gasteiger partial charge >= 0.3 is 0 Å². The van der Waals surface area contributed by atoms with Crippen LogP contribution in [0.25, 0.3) is 0 Å². The average Bonchev–Trinajstić information content (AvgIpc) is 2.57.